The molecule has 1 aliphatic rings. The molecule has 1 aromatic carbocycles. The second kappa shape index (κ2) is 6.00. The van der Waals surface area contributed by atoms with Gasteiger partial charge >= 0.3 is 0 Å². The molecule has 1 fully saturated rings. The Balaban J connectivity index is 1.70. The molecule has 0 amide bonds. The van der Waals surface area contributed by atoms with Crippen LogP contribution in [0.3, 0.4) is 0 Å². The van der Waals surface area contributed by atoms with E-state index in [0.717, 1.165) is 42.7 Å². The number of aromatic nitrogens is 1. The van der Waals surface area contributed by atoms with E-state index in [1.165, 1.54) is 0 Å². The van der Waals surface area contributed by atoms with Gasteiger partial charge in [0.25, 0.3) is 0 Å². The number of piperazine rings is 1. The van der Waals surface area contributed by atoms with E-state index < -0.39 is 0 Å². The highest BCUT2D eigenvalue weighted by Crippen LogP contribution is 2.27. The fourth-order valence-electron chi connectivity index (χ4n) is 2.53. The Morgan fingerprint density at radius 2 is 1.71 bits per heavy atom. The summed E-state index contributed by atoms with van der Waals surface area (Å²) in [6, 6.07) is 9.68. The van der Waals surface area contributed by atoms with Gasteiger partial charge in [-0.05, 0) is 24.3 Å². The normalized spacial score (nSPS) is 15.3. The maximum Gasteiger partial charge on any atom is 0.147 e. The molecule has 1 saturated heterocycles. The number of nitrogens with two attached hydrogens (primary N) is 1. The summed E-state index contributed by atoms with van der Waals surface area (Å²) in [6.07, 6.45) is 1.64. The number of hydrogen-bond donors (Lipinski definition) is 1. The largest absolute Gasteiger partial charge is 0.397 e. The quantitative estimate of drug-likeness (QED) is 0.921. The molecule has 0 atom stereocenters. The lowest BCUT2D eigenvalue weighted by Crippen LogP contribution is -2.47. The van der Waals surface area contributed by atoms with E-state index >= 15 is 0 Å². The second-order valence-corrected chi connectivity index (χ2v) is 5.87. The first-order valence-electron chi connectivity index (χ1n) is 6.80. The first-order valence-corrected chi connectivity index (χ1v) is 7.55. The topological polar surface area (TPSA) is 45.4 Å². The van der Waals surface area contributed by atoms with Gasteiger partial charge in [0.2, 0.25) is 0 Å². The number of hydrogen-bond acceptors (Lipinski definition) is 4. The predicted octanol–water partition coefficient (Wildman–Crippen LogP) is 3.30. The van der Waals surface area contributed by atoms with E-state index in [9.17, 15) is 0 Å². The number of nitrogens with zero attached hydrogens (tertiary/aromatic N) is 3. The lowest BCUT2D eigenvalue weighted by Gasteiger charge is -2.37. The van der Waals surface area contributed by atoms with Crippen LogP contribution in [-0.4, -0.2) is 31.2 Å². The molecular formula is C15H16Cl2N4. The van der Waals surface area contributed by atoms with Crippen LogP contribution in [0.4, 0.5) is 17.2 Å². The van der Waals surface area contributed by atoms with Crippen molar-refractivity contribution >= 4 is 40.4 Å². The minimum absolute atomic E-state index is 0.585. The van der Waals surface area contributed by atoms with Gasteiger partial charge in [-0.15, -0.1) is 0 Å². The van der Waals surface area contributed by atoms with Crippen LogP contribution in [0.2, 0.25) is 10.0 Å². The van der Waals surface area contributed by atoms with Gasteiger partial charge in [0, 0.05) is 36.9 Å². The molecule has 110 valence electrons. The molecule has 1 aliphatic heterocycles. The minimum Gasteiger partial charge on any atom is -0.397 e. The SMILES string of the molecule is Nc1cnc(N2CCN(c3cccc(Cl)c3)CC2)c(Cl)c1. The van der Waals surface area contributed by atoms with E-state index in [-0.39, 0.29) is 0 Å². The van der Waals surface area contributed by atoms with Crippen molar-refractivity contribution in [3.05, 3.63) is 46.6 Å². The third kappa shape index (κ3) is 3.17. The lowest BCUT2D eigenvalue weighted by atomic mass is 10.2. The van der Waals surface area contributed by atoms with Crippen molar-refractivity contribution in [1.82, 2.24) is 4.98 Å². The van der Waals surface area contributed by atoms with Crippen LogP contribution in [0.25, 0.3) is 0 Å². The van der Waals surface area contributed by atoms with Crippen LogP contribution in [0.1, 0.15) is 0 Å². The van der Waals surface area contributed by atoms with Gasteiger partial charge < -0.3 is 15.5 Å². The summed E-state index contributed by atoms with van der Waals surface area (Å²) in [5.74, 6) is 0.802. The highest BCUT2D eigenvalue weighted by atomic mass is 35.5. The Morgan fingerprint density at radius 3 is 2.38 bits per heavy atom. The second-order valence-electron chi connectivity index (χ2n) is 5.03. The molecule has 0 aliphatic carbocycles. The Bertz CT molecular complexity index is 639. The Hall–Kier alpha value is -1.65. The smallest absolute Gasteiger partial charge is 0.147 e. The van der Waals surface area contributed by atoms with E-state index in [4.69, 9.17) is 28.9 Å². The summed E-state index contributed by atoms with van der Waals surface area (Å²) in [6.45, 7) is 3.54. The molecule has 6 heteroatoms. The zero-order chi connectivity index (χ0) is 14.8. The fourth-order valence-corrected chi connectivity index (χ4v) is 3.01. The summed E-state index contributed by atoms with van der Waals surface area (Å²) < 4.78 is 0. The molecule has 2 N–H and O–H groups in total. The number of benzene rings is 1. The van der Waals surface area contributed by atoms with Crippen LogP contribution >= 0.6 is 23.2 Å². The van der Waals surface area contributed by atoms with Crippen molar-refractivity contribution in [2.24, 2.45) is 0 Å². The van der Waals surface area contributed by atoms with Gasteiger partial charge in [-0.25, -0.2) is 4.98 Å². The van der Waals surface area contributed by atoms with E-state index in [1.54, 1.807) is 12.3 Å². The van der Waals surface area contributed by atoms with Crippen molar-refractivity contribution in [3.8, 4) is 0 Å². The molecule has 0 saturated carbocycles. The fraction of sp³-hybridized carbons (Fsp3) is 0.267. The number of halogens is 2. The summed E-state index contributed by atoms with van der Waals surface area (Å²) in [7, 11) is 0. The standard InChI is InChI=1S/C15H16Cl2N4/c16-11-2-1-3-13(8-11)20-4-6-21(7-5-20)15-14(17)9-12(18)10-19-15/h1-3,8-10H,4-7,18H2. The van der Waals surface area contributed by atoms with Crippen molar-refractivity contribution in [1.29, 1.82) is 0 Å². The Morgan fingerprint density at radius 1 is 1.00 bits per heavy atom. The monoisotopic (exact) mass is 322 g/mol. The Kier molecular flexibility index (Phi) is 4.08. The van der Waals surface area contributed by atoms with Crippen LogP contribution in [0.15, 0.2) is 36.5 Å². The van der Waals surface area contributed by atoms with E-state index in [2.05, 4.69) is 20.9 Å². The molecule has 3 rings (SSSR count). The number of pyridine rings is 1. The van der Waals surface area contributed by atoms with Crippen LogP contribution in [0, 0.1) is 0 Å². The predicted molar refractivity (Wildman–Crippen MR) is 89.5 cm³/mol. The van der Waals surface area contributed by atoms with Crippen molar-refractivity contribution in [3.63, 3.8) is 0 Å². The summed E-state index contributed by atoms with van der Waals surface area (Å²) >= 11 is 12.3. The molecule has 4 nitrogen and oxygen atoms in total. The van der Waals surface area contributed by atoms with Gasteiger partial charge in [0.05, 0.1) is 16.9 Å². The first-order chi connectivity index (χ1) is 10.1. The molecular weight excluding hydrogens is 307 g/mol. The maximum atomic E-state index is 6.22. The molecule has 0 unspecified atom stereocenters. The van der Waals surface area contributed by atoms with Crippen LogP contribution in [0.5, 0.6) is 0 Å². The Labute approximate surface area is 134 Å². The maximum absolute atomic E-state index is 6.22. The van der Waals surface area contributed by atoms with Gasteiger partial charge in [-0.3, -0.25) is 0 Å². The van der Waals surface area contributed by atoms with Crippen molar-refractivity contribution in [2.75, 3.05) is 41.7 Å². The molecule has 1 aromatic heterocycles. The van der Waals surface area contributed by atoms with Crippen molar-refractivity contribution < 1.29 is 0 Å². The average Bonchev–Trinajstić information content (AvgIpc) is 2.47. The minimum atomic E-state index is 0.585. The third-order valence-electron chi connectivity index (χ3n) is 3.60. The van der Waals surface area contributed by atoms with E-state index in [1.807, 2.05) is 18.2 Å². The molecule has 0 bridgehead atoms. The van der Waals surface area contributed by atoms with Crippen LogP contribution < -0.4 is 15.5 Å². The molecule has 2 aromatic rings. The highest BCUT2D eigenvalue weighted by Gasteiger charge is 2.20. The number of nitrogen functional groups attached to an aromatic ring is 1. The summed E-state index contributed by atoms with van der Waals surface area (Å²) in [5.41, 5.74) is 7.42. The molecule has 2 heterocycles. The molecule has 0 radical (unpaired) electrons. The van der Waals surface area contributed by atoms with Gasteiger partial charge in [0.15, 0.2) is 0 Å². The van der Waals surface area contributed by atoms with Gasteiger partial charge in [-0.2, -0.15) is 0 Å². The number of anilines is 3. The van der Waals surface area contributed by atoms with Crippen molar-refractivity contribution in [2.45, 2.75) is 0 Å². The van der Waals surface area contributed by atoms with E-state index in [0.29, 0.717) is 10.7 Å². The first kappa shape index (κ1) is 14.3. The third-order valence-corrected chi connectivity index (χ3v) is 4.11. The highest BCUT2D eigenvalue weighted by molar-refractivity contribution is 6.33. The molecule has 0 spiro atoms. The zero-order valence-electron chi connectivity index (χ0n) is 11.5. The summed E-state index contributed by atoms with van der Waals surface area (Å²) in [5, 5.41) is 1.37. The number of rotatable bonds is 2. The lowest BCUT2D eigenvalue weighted by molar-refractivity contribution is 0.647. The average molecular weight is 323 g/mol. The van der Waals surface area contributed by atoms with Gasteiger partial charge in [-0.1, -0.05) is 29.3 Å². The zero-order valence-corrected chi connectivity index (χ0v) is 13.0. The molecule has 21 heavy (non-hydrogen) atoms. The van der Waals surface area contributed by atoms with Crippen LogP contribution in [-0.2, 0) is 0 Å². The summed E-state index contributed by atoms with van der Waals surface area (Å²) in [4.78, 5) is 8.84. The van der Waals surface area contributed by atoms with Gasteiger partial charge in [0.1, 0.15) is 5.82 Å².